The van der Waals surface area contributed by atoms with Crippen LogP contribution in [-0.2, 0) is 11.2 Å². The van der Waals surface area contributed by atoms with Gasteiger partial charge in [-0.2, -0.15) is 0 Å². The van der Waals surface area contributed by atoms with Crippen molar-refractivity contribution in [2.45, 2.75) is 6.42 Å². The predicted molar refractivity (Wildman–Crippen MR) is 56.1 cm³/mol. The molecule has 2 rings (SSSR count). The summed E-state index contributed by atoms with van der Waals surface area (Å²) in [5.74, 6) is 0.0405. The number of aromatic nitrogens is 1. The molecule has 0 spiro atoms. The summed E-state index contributed by atoms with van der Waals surface area (Å²) in [6.45, 7) is 0. The molecular weight excluding hydrogens is 176 g/mol. The maximum atomic E-state index is 11.2. The van der Waals surface area contributed by atoms with Crippen molar-refractivity contribution in [3.63, 3.8) is 0 Å². The van der Waals surface area contributed by atoms with Gasteiger partial charge in [-0.1, -0.05) is 12.1 Å². The van der Waals surface area contributed by atoms with Crippen LogP contribution in [0.1, 0.15) is 5.56 Å². The van der Waals surface area contributed by atoms with Gasteiger partial charge in [0.1, 0.15) is 0 Å². The molecule has 0 unspecified atom stereocenters. The Balaban J connectivity index is 2.41. The number of hydrogen-bond donors (Lipinski definition) is 2. The van der Waals surface area contributed by atoms with E-state index in [1.165, 1.54) is 0 Å². The number of carbonyl (C=O) groups excluding carboxylic acids is 1. The molecule has 72 valence electrons. The second kappa shape index (κ2) is 3.54. The summed E-state index contributed by atoms with van der Waals surface area (Å²) in [7, 11) is 1.65. The smallest absolute Gasteiger partial charge is 0.224 e. The van der Waals surface area contributed by atoms with Crippen LogP contribution in [0.5, 0.6) is 0 Å². The largest absolute Gasteiger partial charge is 0.361 e. The van der Waals surface area contributed by atoms with Gasteiger partial charge in [0, 0.05) is 24.1 Å². The van der Waals surface area contributed by atoms with Gasteiger partial charge in [-0.25, -0.2) is 0 Å². The summed E-state index contributed by atoms with van der Waals surface area (Å²) < 4.78 is 0. The van der Waals surface area contributed by atoms with Crippen LogP contribution in [0.2, 0.25) is 0 Å². The van der Waals surface area contributed by atoms with E-state index in [9.17, 15) is 4.79 Å². The average molecular weight is 188 g/mol. The summed E-state index contributed by atoms with van der Waals surface area (Å²) in [5, 5.41) is 3.74. The van der Waals surface area contributed by atoms with E-state index in [1.807, 2.05) is 30.5 Å². The number of H-pyrrole nitrogens is 1. The Labute approximate surface area is 82.1 Å². The molecule has 0 aliphatic rings. The maximum Gasteiger partial charge on any atom is 0.224 e. The number of fused-ring (bicyclic) bond motifs is 1. The van der Waals surface area contributed by atoms with Crippen molar-refractivity contribution in [2.75, 3.05) is 7.05 Å². The van der Waals surface area contributed by atoms with Crippen molar-refractivity contribution in [1.82, 2.24) is 10.3 Å². The zero-order valence-corrected chi connectivity index (χ0v) is 8.00. The zero-order chi connectivity index (χ0) is 9.97. The fraction of sp³-hybridized carbons (Fsp3) is 0.182. The van der Waals surface area contributed by atoms with Crippen molar-refractivity contribution in [1.29, 1.82) is 0 Å². The van der Waals surface area contributed by atoms with E-state index in [1.54, 1.807) is 7.05 Å². The lowest BCUT2D eigenvalue weighted by Crippen LogP contribution is -2.19. The molecule has 14 heavy (non-hydrogen) atoms. The Bertz CT molecular complexity index is 459. The monoisotopic (exact) mass is 188 g/mol. The van der Waals surface area contributed by atoms with Gasteiger partial charge in [-0.3, -0.25) is 4.79 Å². The fourth-order valence-electron chi connectivity index (χ4n) is 1.57. The molecule has 0 aliphatic heterocycles. The second-order valence-corrected chi connectivity index (χ2v) is 3.21. The standard InChI is InChI=1S/C11H12N2O/c1-12-11(14)7-8-3-2-4-10-9(8)5-6-13-10/h2-6,13H,7H2,1H3,(H,12,14). The van der Waals surface area contributed by atoms with Crippen LogP contribution in [0.4, 0.5) is 0 Å². The number of hydrogen-bond acceptors (Lipinski definition) is 1. The normalized spacial score (nSPS) is 10.4. The molecule has 3 heteroatoms. The van der Waals surface area contributed by atoms with E-state index < -0.39 is 0 Å². The lowest BCUT2D eigenvalue weighted by atomic mass is 10.1. The maximum absolute atomic E-state index is 11.2. The molecule has 1 aromatic carbocycles. The molecule has 3 nitrogen and oxygen atoms in total. The highest BCUT2D eigenvalue weighted by atomic mass is 16.1. The van der Waals surface area contributed by atoms with E-state index in [0.717, 1.165) is 16.5 Å². The van der Waals surface area contributed by atoms with Gasteiger partial charge >= 0.3 is 0 Å². The first-order valence-electron chi connectivity index (χ1n) is 4.57. The number of rotatable bonds is 2. The van der Waals surface area contributed by atoms with Gasteiger partial charge in [-0.15, -0.1) is 0 Å². The Morgan fingerprint density at radius 1 is 1.43 bits per heavy atom. The number of aromatic amines is 1. The molecule has 0 fully saturated rings. The minimum atomic E-state index is 0.0405. The first kappa shape index (κ1) is 8.81. The van der Waals surface area contributed by atoms with E-state index in [4.69, 9.17) is 0 Å². The topological polar surface area (TPSA) is 44.9 Å². The SMILES string of the molecule is CNC(=O)Cc1cccc2[nH]ccc12. The molecule has 2 N–H and O–H groups in total. The molecule has 0 atom stereocenters. The lowest BCUT2D eigenvalue weighted by molar-refractivity contribution is -0.119. The number of nitrogens with one attached hydrogen (secondary N) is 2. The van der Waals surface area contributed by atoms with E-state index in [-0.39, 0.29) is 5.91 Å². The van der Waals surface area contributed by atoms with E-state index in [2.05, 4.69) is 10.3 Å². The molecule has 0 aliphatic carbocycles. The number of benzene rings is 1. The van der Waals surface area contributed by atoms with E-state index >= 15 is 0 Å². The Kier molecular flexibility index (Phi) is 2.23. The summed E-state index contributed by atoms with van der Waals surface area (Å²) in [5.41, 5.74) is 2.13. The molecule has 0 radical (unpaired) electrons. The van der Waals surface area contributed by atoms with Gasteiger partial charge in [0.05, 0.1) is 6.42 Å². The Hall–Kier alpha value is -1.77. The second-order valence-electron chi connectivity index (χ2n) is 3.21. The van der Waals surface area contributed by atoms with Gasteiger partial charge in [0.25, 0.3) is 0 Å². The highest BCUT2D eigenvalue weighted by Crippen LogP contribution is 2.17. The predicted octanol–water partition coefficient (Wildman–Crippen LogP) is 1.46. The van der Waals surface area contributed by atoms with Crippen molar-refractivity contribution in [3.05, 3.63) is 36.0 Å². The summed E-state index contributed by atoms with van der Waals surface area (Å²) >= 11 is 0. The minimum absolute atomic E-state index is 0.0405. The molecule has 1 aromatic heterocycles. The van der Waals surface area contributed by atoms with Gasteiger partial charge in [-0.05, 0) is 17.7 Å². The third kappa shape index (κ3) is 1.48. The third-order valence-electron chi connectivity index (χ3n) is 2.32. The number of likely N-dealkylation sites (N-methyl/N-ethyl adjacent to an activating group) is 1. The number of carbonyl (C=O) groups is 1. The summed E-state index contributed by atoms with van der Waals surface area (Å²) in [6.07, 6.45) is 2.32. The summed E-state index contributed by atoms with van der Waals surface area (Å²) in [4.78, 5) is 14.3. The quantitative estimate of drug-likeness (QED) is 0.736. The van der Waals surface area contributed by atoms with Gasteiger partial charge < -0.3 is 10.3 Å². The van der Waals surface area contributed by atoms with Crippen LogP contribution in [0.25, 0.3) is 10.9 Å². The van der Waals surface area contributed by atoms with Crippen molar-refractivity contribution < 1.29 is 4.79 Å². The fourth-order valence-corrected chi connectivity index (χ4v) is 1.57. The molecule has 0 saturated heterocycles. The molecule has 1 heterocycles. The van der Waals surface area contributed by atoms with Crippen LogP contribution in [-0.4, -0.2) is 17.9 Å². The van der Waals surface area contributed by atoms with E-state index in [0.29, 0.717) is 6.42 Å². The Morgan fingerprint density at radius 2 is 2.29 bits per heavy atom. The highest BCUT2D eigenvalue weighted by Gasteiger charge is 2.05. The van der Waals surface area contributed by atoms with Crippen molar-refractivity contribution in [3.8, 4) is 0 Å². The molecule has 2 aromatic rings. The summed E-state index contributed by atoms with van der Waals surface area (Å²) in [6, 6.07) is 7.93. The molecule has 0 bridgehead atoms. The molecule has 1 amide bonds. The third-order valence-corrected chi connectivity index (χ3v) is 2.32. The Morgan fingerprint density at radius 3 is 3.07 bits per heavy atom. The minimum Gasteiger partial charge on any atom is -0.361 e. The molecular formula is C11H12N2O. The van der Waals surface area contributed by atoms with Crippen LogP contribution >= 0.6 is 0 Å². The van der Waals surface area contributed by atoms with Crippen LogP contribution in [0.15, 0.2) is 30.5 Å². The van der Waals surface area contributed by atoms with Crippen LogP contribution in [0, 0.1) is 0 Å². The van der Waals surface area contributed by atoms with Crippen molar-refractivity contribution in [2.24, 2.45) is 0 Å². The lowest BCUT2D eigenvalue weighted by Gasteiger charge is -2.01. The highest BCUT2D eigenvalue weighted by molar-refractivity contribution is 5.88. The van der Waals surface area contributed by atoms with Crippen LogP contribution in [0.3, 0.4) is 0 Å². The van der Waals surface area contributed by atoms with Crippen molar-refractivity contribution >= 4 is 16.8 Å². The van der Waals surface area contributed by atoms with Gasteiger partial charge in [0.2, 0.25) is 5.91 Å². The van der Waals surface area contributed by atoms with Crippen LogP contribution < -0.4 is 5.32 Å². The van der Waals surface area contributed by atoms with Gasteiger partial charge in [0.15, 0.2) is 0 Å². The zero-order valence-electron chi connectivity index (χ0n) is 8.00. The molecule has 0 saturated carbocycles. The first-order chi connectivity index (χ1) is 6.81. The first-order valence-corrected chi connectivity index (χ1v) is 4.57. The number of amides is 1. The average Bonchev–Trinajstić information content (AvgIpc) is 2.66.